The highest BCUT2D eigenvalue weighted by Crippen LogP contribution is 2.49. The number of hydrogen-bond donors (Lipinski definition) is 1. The number of fused-ring (bicyclic) bond motifs is 1. The minimum Gasteiger partial charge on any atom is -0.313 e. The fourth-order valence-electron chi connectivity index (χ4n) is 1.97. The maximum atomic E-state index is 12.0. The smallest absolute Gasteiger partial charge is 0.313 e. The van der Waals surface area contributed by atoms with Gasteiger partial charge in [-0.05, 0) is 18.9 Å². The Balaban J connectivity index is 2.09. The van der Waals surface area contributed by atoms with Gasteiger partial charge in [-0.15, -0.1) is 0 Å². The average Bonchev–Trinajstić information content (AvgIpc) is 2.08. The zero-order chi connectivity index (χ0) is 7.35. The molecule has 10 heavy (non-hydrogen) atoms. The predicted molar refractivity (Wildman–Crippen MR) is 29.4 cm³/mol. The minimum atomic E-state index is -3.96. The van der Waals surface area contributed by atoms with Crippen molar-refractivity contribution in [2.75, 3.05) is 6.54 Å². The van der Waals surface area contributed by atoms with Crippen LogP contribution in [0.25, 0.3) is 0 Å². The molecule has 2 bridgehead atoms. The predicted octanol–water partition coefficient (Wildman–Crippen LogP) is 1.16. The van der Waals surface area contributed by atoms with E-state index in [9.17, 15) is 13.2 Å². The van der Waals surface area contributed by atoms with Gasteiger partial charge in [0.15, 0.2) is 0 Å². The molecule has 3 fully saturated rings. The molecule has 1 nitrogen and oxygen atoms in total. The van der Waals surface area contributed by atoms with Gasteiger partial charge in [0.25, 0.3) is 0 Å². The summed E-state index contributed by atoms with van der Waals surface area (Å²) in [6, 6.07) is -0.259. The van der Waals surface area contributed by atoms with Crippen LogP contribution in [0.2, 0.25) is 0 Å². The topological polar surface area (TPSA) is 12.0 Å². The summed E-state index contributed by atoms with van der Waals surface area (Å²) in [5, 5.41) is 2.83. The summed E-state index contributed by atoms with van der Waals surface area (Å²) < 4.78 is 36.0. The molecule has 3 atom stereocenters. The van der Waals surface area contributed by atoms with E-state index in [1.807, 2.05) is 0 Å². The van der Waals surface area contributed by atoms with Crippen LogP contribution >= 0.6 is 0 Å². The van der Waals surface area contributed by atoms with Gasteiger partial charge in [0, 0.05) is 6.04 Å². The van der Waals surface area contributed by atoms with Gasteiger partial charge in [0.05, 0.1) is 5.92 Å². The third-order valence-electron chi connectivity index (χ3n) is 2.52. The van der Waals surface area contributed by atoms with Crippen LogP contribution < -0.4 is 5.32 Å². The van der Waals surface area contributed by atoms with Gasteiger partial charge in [-0.2, -0.15) is 13.2 Å². The zero-order valence-electron chi connectivity index (χ0n) is 5.28. The van der Waals surface area contributed by atoms with Gasteiger partial charge < -0.3 is 5.32 Å². The van der Waals surface area contributed by atoms with E-state index >= 15 is 0 Å². The second-order valence-electron chi connectivity index (χ2n) is 3.08. The van der Waals surface area contributed by atoms with Crippen LogP contribution in [0.3, 0.4) is 0 Å². The Hall–Kier alpha value is -0.250. The standard InChI is InChI=1S/C6H8F3N/c7-6(8,9)5-3-1-4(5)10-2-3/h3-5,10H,1-2H2/t3-,4-,5+/m0/s1. The number of alkyl halides is 3. The summed E-state index contributed by atoms with van der Waals surface area (Å²) >= 11 is 0. The van der Waals surface area contributed by atoms with E-state index in [-0.39, 0.29) is 12.0 Å². The van der Waals surface area contributed by atoms with Crippen LogP contribution in [-0.2, 0) is 0 Å². The summed E-state index contributed by atoms with van der Waals surface area (Å²) in [6.07, 6.45) is -3.23. The van der Waals surface area contributed by atoms with Crippen molar-refractivity contribution >= 4 is 0 Å². The summed E-state index contributed by atoms with van der Waals surface area (Å²) in [5.74, 6) is -1.16. The van der Waals surface area contributed by atoms with Gasteiger partial charge in [-0.1, -0.05) is 0 Å². The Morgan fingerprint density at radius 3 is 2.20 bits per heavy atom. The second kappa shape index (κ2) is 1.67. The molecule has 2 heterocycles. The van der Waals surface area contributed by atoms with E-state index in [2.05, 4.69) is 5.32 Å². The van der Waals surface area contributed by atoms with Crippen molar-refractivity contribution in [2.45, 2.75) is 18.6 Å². The van der Waals surface area contributed by atoms with Crippen LogP contribution in [0.1, 0.15) is 6.42 Å². The molecular weight excluding hydrogens is 143 g/mol. The van der Waals surface area contributed by atoms with Crippen molar-refractivity contribution in [1.82, 2.24) is 5.32 Å². The summed E-state index contributed by atoms with van der Waals surface area (Å²) in [7, 11) is 0. The zero-order valence-corrected chi connectivity index (χ0v) is 5.28. The van der Waals surface area contributed by atoms with Crippen molar-refractivity contribution in [3.8, 4) is 0 Å². The van der Waals surface area contributed by atoms with Gasteiger partial charge in [-0.25, -0.2) is 0 Å². The third-order valence-corrected chi connectivity index (χ3v) is 2.52. The molecule has 0 radical (unpaired) electrons. The van der Waals surface area contributed by atoms with Crippen LogP contribution in [0.15, 0.2) is 0 Å². The lowest BCUT2D eigenvalue weighted by Gasteiger charge is -2.35. The molecule has 0 spiro atoms. The first-order valence-corrected chi connectivity index (χ1v) is 3.39. The molecule has 0 aromatic heterocycles. The van der Waals surface area contributed by atoms with E-state index in [0.29, 0.717) is 6.54 Å². The van der Waals surface area contributed by atoms with Crippen molar-refractivity contribution in [3.05, 3.63) is 0 Å². The molecule has 4 heteroatoms. The molecule has 1 N–H and O–H groups in total. The third kappa shape index (κ3) is 0.682. The Kier molecular flexibility index (Phi) is 1.08. The molecule has 0 amide bonds. The van der Waals surface area contributed by atoms with E-state index in [1.165, 1.54) is 0 Å². The Morgan fingerprint density at radius 1 is 1.30 bits per heavy atom. The van der Waals surface area contributed by atoms with Crippen molar-refractivity contribution < 1.29 is 13.2 Å². The van der Waals surface area contributed by atoms with Crippen LogP contribution in [-0.4, -0.2) is 18.8 Å². The first-order valence-electron chi connectivity index (χ1n) is 3.39. The summed E-state index contributed by atoms with van der Waals surface area (Å²) in [4.78, 5) is 0. The van der Waals surface area contributed by atoms with E-state index < -0.39 is 12.1 Å². The lowest BCUT2D eigenvalue weighted by atomic mass is 9.73. The number of halogens is 3. The second-order valence-corrected chi connectivity index (χ2v) is 3.08. The average molecular weight is 151 g/mol. The fourth-order valence-corrected chi connectivity index (χ4v) is 1.97. The van der Waals surface area contributed by atoms with Crippen LogP contribution in [0, 0.1) is 11.8 Å². The summed E-state index contributed by atoms with van der Waals surface area (Å²) in [5.41, 5.74) is 0. The van der Waals surface area contributed by atoms with Crippen molar-refractivity contribution in [1.29, 1.82) is 0 Å². The van der Waals surface area contributed by atoms with Gasteiger partial charge in [0.1, 0.15) is 0 Å². The Morgan fingerprint density at radius 2 is 2.00 bits per heavy atom. The molecule has 1 saturated carbocycles. The maximum Gasteiger partial charge on any atom is 0.393 e. The quantitative estimate of drug-likeness (QED) is 0.547. The number of hydrogen-bond acceptors (Lipinski definition) is 1. The SMILES string of the molecule is FC(F)(F)[C@@H]1[C@@H]2CN[C@H]1C2. The largest absolute Gasteiger partial charge is 0.393 e. The Bertz CT molecular complexity index is 140. The minimum absolute atomic E-state index is 0.120. The Labute approximate surface area is 56.6 Å². The van der Waals surface area contributed by atoms with E-state index in [0.717, 1.165) is 6.42 Å². The highest BCUT2D eigenvalue weighted by Gasteiger charge is 2.59. The fraction of sp³-hybridized carbons (Fsp3) is 1.00. The van der Waals surface area contributed by atoms with Gasteiger partial charge in [0.2, 0.25) is 0 Å². The van der Waals surface area contributed by atoms with Crippen LogP contribution in [0.5, 0.6) is 0 Å². The molecule has 0 unspecified atom stereocenters. The lowest BCUT2D eigenvalue weighted by Crippen LogP contribution is -2.46. The highest BCUT2D eigenvalue weighted by molar-refractivity contribution is 5.04. The molecular formula is C6H8F3N. The molecule has 3 aliphatic rings. The van der Waals surface area contributed by atoms with Crippen molar-refractivity contribution in [3.63, 3.8) is 0 Å². The monoisotopic (exact) mass is 151 g/mol. The molecule has 1 aliphatic carbocycles. The molecule has 0 aromatic carbocycles. The lowest BCUT2D eigenvalue weighted by molar-refractivity contribution is -0.207. The first-order chi connectivity index (χ1) is 4.59. The number of nitrogens with one attached hydrogen (secondary N) is 1. The van der Waals surface area contributed by atoms with E-state index in [4.69, 9.17) is 0 Å². The highest BCUT2D eigenvalue weighted by atomic mass is 19.4. The molecule has 2 saturated heterocycles. The molecule has 58 valence electrons. The number of rotatable bonds is 0. The van der Waals surface area contributed by atoms with Gasteiger partial charge >= 0.3 is 6.18 Å². The van der Waals surface area contributed by atoms with Crippen molar-refractivity contribution in [2.24, 2.45) is 11.8 Å². The molecule has 0 aromatic rings. The first kappa shape index (κ1) is 6.46. The normalized spacial score (nSPS) is 45.3. The van der Waals surface area contributed by atoms with E-state index in [1.54, 1.807) is 0 Å². The van der Waals surface area contributed by atoms with Crippen LogP contribution in [0.4, 0.5) is 13.2 Å². The molecule has 3 rings (SSSR count). The summed E-state index contributed by atoms with van der Waals surface area (Å²) in [6.45, 7) is 0.564. The van der Waals surface area contributed by atoms with Gasteiger partial charge in [-0.3, -0.25) is 0 Å². The molecule has 2 aliphatic heterocycles. The maximum absolute atomic E-state index is 12.0.